The van der Waals surface area contributed by atoms with Crippen molar-refractivity contribution >= 4 is 11.6 Å². The van der Waals surface area contributed by atoms with E-state index in [0.717, 1.165) is 5.56 Å². The fraction of sp³-hybridized carbons (Fsp3) is 0.0556. The van der Waals surface area contributed by atoms with Crippen LogP contribution in [0.15, 0.2) is 60.7 Å². The van der Waals surface area contributed by atoms with Crippen molar-refractivity contribution in [2.45, 2.75) is 6.54 Å². The topological polar surface area (TPSA) is 96.4 Å². The predicted molar refractivity (Wildman–Crippen MR) is 90.3 cm³/mol. The predicted octanol–water partition coefficient (Wildman–Crippen LogP) is 3.49. The number of carbonyl (C=O) groups excluding carboxylic acids is 1. The number of hydrogen-bond donors (Lipinski definition) is 2. The number of rotatable bonds is 4. The molecule has 1 heterocycles. The molecule has 0 atom stereocenters. The summed E-state index contributed by atoms with van der Waals surface area (Å²) in [7, 11) is 0. The lowest BCUT2D eigenvalue weighted by atomic mass is 10.1. The molecule has 0 aliphatic rings. The van der Waals surface area contributed by atoms with E-state index >= 15 is 0 Å². The molecule has 24 heavy (non-hydrogen) atoms. The Morgan fingerprint density at radius 2 is 1.67 bits per heavy atom. The van der Waals surface area contributed by atoms with E-state index < -0.39 is 5.91 Å². The number of nitrogens with two attached hydrogens (primary N) is 1. The number of amides is 1. The molecule has 0 unspecified atom stereocenters. The Labute approximate surface area is 138 Å². The minimum Gasteiger partial charge on any atom is -0.489 e. The first-order valence-electron chi connectivity index (χ1n) is 7.33. The van der Waals surface area contributed by atoms with E-state index in [-0.39, 0.29) is 17.1 Å². The maximum absolute atomic E-state index is 11.9. The number of hydrogen-bond acceptors (Lipinski definition) is 3. The third kappa shape index (κ3) is 2.59. The highest BCUT2D eigenvalue weighted by Gasteiger charge is 2.35. The Balaban J connectivity index is 2.28. The average molecular weight is 319 g/mol. The van der Waals surface area contributed by atoms with E-state index in [1.54, 1.807) is 12.1 Å². The Hall–Kier alpha value is -3.59. The van der Waals surface area contributed by atoms with Gasteiger partial charge in [-0.15, -0.1) is 0 Å². The number of benzene rings is 2. The minimum atomic E-state index is -0.774. The van der Waals surface area contributed by atoms with Crippen LogP contribution in [-0.2, 0) is 6.54 Å². The molecule has 6 heteroatoms. The average Bonchev–Trinajstić information content (AvgIpc) is 2.89. The highest BCUT2D eigenvalue weighted by molar-refractivity contribution is 6.06. The van der Waals surface area contributed by atoms with Gasteiger partial charge in [-0.25, -0.2) is 0 Å². The molecule has 0 saturated carbocycles. The molecule has 6 nitrogen and oxygen atoms in total. The summed E-state index contributed by atoms with van der Waals surface area (Å²) in [5.41, 5.74) is 7.25. The SMILES string of the molecule is N#[N+]c1c(C(N)=O)c(-c2ccccc2)n(Cc2ccccc2)c1O. The summed E-state index contributed by atoms with van der Waals surface area (Å²) >= 11 is 0. The standard InChI is InChI=1S/C18H14N4O2/c19-17(23)14-15(21-20)18(24)22(11-12-7-3-1-4-8-12)16(14)13-9-5-2-6-10-13/h1-10H,11H2,(H2-,19,23,24)/p+1. The van der Waals surface area contributed by atoms with E-state index in [9.17, 15) is 15.3 Å². The first-order chi connectivity index (χ1) is 11.6. The largest absolute Gasteiger partial charge is 0.489 e. The van der Waals surface area contributed by atoms with Crippen molar-refractivity contribution < 1.29 is 9.90 Å². The molecule has 0 aliphatic heterocycles. The quantitative estimate of drug-likeness (QED) is 0.720. The zero-order valence-electron chi connectivity index (χ0n) is 12.8. The van der Waals surface area contributed by atoms with Crippen molar-refractivity contribution in [1.29, 1.82) is 5.39 Å². The number of aromatic hydroxyl groups is 1. The maximum atomic E-state index is 11.9. The summed E-state index contributed by atoms with van der Waals surface area (Å²) in [6.07, 6.45) is 0. The van der Waals surface area contributed by atoms with Gasteiger partial charge in [-0.3, -0.25) is 9.36 Å². The second-order valence-electron chi connectivity index (χ2n) is 5.30. The normalized spacial score (nSPS) is 10.3. The molecule has 0 spiro atoms. The third-order valence-corrected chi connectivity index (χ3v) is 3.79. The lowest BCUT2D eigenvalue weighted by Gasteiger charge is -2.10. The maximum Gasteiger partial charge on any atom is 0.458 e. The van der Waals surface area contributed by atoms with Crippen molar-refractivity contribution in [2.75, 3.05) is 0 Å². The van der Waals surface area contributed by atoms with Crippen LogP contribution in [0.5, 0.6) is 5.88 Å². The van der Waals surface area contributed by atoms with E-state index in [0.29, 0.717) is 17.8 Å². The first kappa shape index (κ1) is 15.3. The number of aromatic nitrogens is 1. The summed E-state index contributed by atoms with van der Waals surface area (Å²) in [6.45, 7) is 0.298. The van der Waals surface area contributed by atoms with Crippen molar-refractivity contribution in [3.05, 3.63) is 76.8 Å². The van der Waals surface area contributed by atoms with Gasteiger partial charge >= 0.3 is 5.69 Å². The van der Waals surface area contributed by atoms with Crippen LogP contribution in [0.2, 0.25) is 0 Å². The van der Waals surface area contributed by atoms with Crippen LogP contribution in [0, 0.1) is 5.39 Å². The number of carbonyl (C=O) groups is 1. The second-order valence-corrected chi connectivity index (χ2v) is 5.30. The van der Waals surface area contributed by atoms with Gasteiger partial charge in [0, 0.05) is 0 Å². The first-order valence-corrected chi connectivity index (χ1v) is 7.33. The summed E-state index contributed by atoms with van der Waals surface area (Å²) < 4.78 is 1.51. The molecule has 0 bridgehead atoms. The molecular weight excluding hydrogens is 304 g/mol. The molecule has 0 radical (unpaired) electrons. The van der Waals surface area contributed by atoms with Crippen LogP contribution in [0.3, 0.4) is 0 Å². The van der Waals surface area contributed by atoms with Crippen LogP contribution in [-0.4, -0.2) is 15.6 Å². The molecule has 3 rings (SSSR count). The zero-order chi connectivity index (χ0) is 17.1. The van der Waals surface area contributed by atoms with Gasteiger partial charge in [0.15, 0.2) is 10.5 Å². The van der Waals surface area contributed by atoms with E-state index in [1.807, 2.05) is 48.5 Å². The Morgan fingerprint density at radius 3 is 2.21 bits per heavy atom. The summed E-state index contributed by atoms with van der Waals surface area (Å²) in [5, 5.41) is 19.7. The van der Waals surface area contributed by atoms with E-state index in [1.165, 1.54) is 4.57 Å². The van der Waals surface area contributed by atoms with E-state index in [2.05, 4.69) is 4.98 Å². The van der Waals surface area contributed by atoms with Gasteiger partial charge in [-0.2, -0.15) is 0 Å². The highest BCUT2D eigenvalue weighted by Crippen LogP contribution is 2.41. The molecule has 3 N–H and O–H groups in total. The van der Waals surface area contributed by atoms with Gasteiger partial charge in [0.2, 0.25) is 5.39 Å². The molecular formula is C18H15N4O2+. The van der Waals surface area contributed by atoms with Gasteiger partial charge in [-0.1, -0.05) is 60.7 Å². The fourth-order valence-electron chi connectivity index (χ4n) is 2.74. The second kappa shape index (κ2) is 6.26. The smallest absolute Gasteiger partial charge is 0.458 e. The van der Waals surface area contributed by atoms with Gasteiger partial charge < -0.3 is 10.8 Å². The highest BCUT2D eigenvalue weighted by atomic mass is 16.3. The zero-order valence-corrected chi connectivity index (χ0v) is 12.8. The summed E-state index contributed by atoms with van der Waals surface area (Å²) in [4.78, 5) is 15.0. The molecule has 3 aromatic rings. The lowest BCUT2D eigenvalue weighted by molar-refractivity contribution is 0.100. The summed E-state index contributed by atoms with van der Waals surface area (Å²) in [5.74, 6) is -1.09. The number of primary amides is 1. The van der Waals surface area contributed by atoms with Crippen LogP contribution in [0.25, 0.3) is 16.2 Å². The molecule has 0 aliphatic carbocycles. The van der Waals surface area contributed by atoms with Crippen molar-refractivity contribution in [3.8, 4) is 17.1 Å². The van der Waals surface area contributed by atoms with Gasteiger partial charge in [-0.05, 0) is 11.1 Å². The number of diazo groups is 1. The Kier molecular flexibility index (Phi) is 4.00. The van der Waals surface area contributed by atoms with Crippen molar-refractivity contribution in [2.24, 2.45) is 5.73 Å². The minimum absolute atomic E-state index is 0.0165. The van der Waals surface area contributed by atoms with Crippen LogP contribution in [0.4, 0.5) is 5.69 Å². The van der Waals surface area contributed by atoms with Gasteiger partial charge in [0.05, 0.1) is 12.2 Å². The Bertz CT molecular complexity index is 925. The molecule has 2 aromatic carbocycles. The van der Waals surface area contributed by atoms with E-state index in [4.69, 9.17) is 5.73 Å². The third-order valence-electron chi connectivity index (χ3n) is 3.79. The van der Waals surface area contributed by atoms with Crippen LogP contribution >= 0.6 is 0 Å². The molecule has 1 amide bonds. The molecule has 0 saturated heterocycles. The fourth-order valence-corrected chi connectivity index (χ4v) is 2.74. The van der Waals surface area contributed by atoms with Gasteiger partial charge in [0.1, 0.15) is 0 Å². The summed E-state index contributed by atoms with van der Waals surface area (Å²) in [6, 6.07) is 18.5. The molecule has 0 fully saturated rings. The monoisotopic (exact) mass is 319 g/mol. The van der Waals surface area contributed by atoms with Crippen LogP contribution < -0.4 is 5.73 Å². The van der Waals surface area contributed by atoms with Crippen molar-refractivity contribution in [3.63, 3.8) is 0 Å². The van der Waals surface area contributed by atoms with Crippen LogP contribution in [0.1, 0.15) is 15.9 Å². The van der Waals surface area contributed by atoms with Gasteiger partial charge in [0.25, 0.3) is 11.8 Å². The molecule has 118 valence electrons. The Morgan fingerprint density at radius 1 is 1.08 bits per heavy atom. The molecule has 1 aromatic heterocycles. The van der Waals surface area contributed by atoms with Crippen molar-refractivity contribution in [1.82, 2.24) is 4.57 Å². The lowest BCUT2D eigenvalue weighted by Crippen LogP contribution is -2.13. The number of nitrogens with zero attached hydrogens (tertiary/aromatic N) is 3.